The Labute approximate surface area is 98.5 Å². The molecular formula is C13H24N2O. The van der Waals surface area contributed by atoms with Gasteiger partial charge in [-0.15, -0.1) is 0 Å². The van der Waals surface area contributed by atoms with Gasteiger partial charge >= 0.3 is 0 Å². The fourth-order valence-electron chi connectivity index (χ4n) is 1.79. The first-order chi connectivity index (χ1) is 7.63. The Morgan fingerprint density at radius 1 is 1.38 bits per heavy atom. The zero-order valence-corrected chi connectivity index (χ0v) is 10.7. The van der Waals surface area contributed by atoms with E-state index in [1.54, 1.807) is 6.20 Å². The van der Waals surface area contributed by atoms with E-state index >= 15 is 0 Å². The first-order valence-corrected chi connectivity index (χ1v) is 6.34. The van der Waals surface area contributed by atoms with E-state index in [2.05, 4.69) is 25.9 Å². The van der Waals surface area contributed by atoms with Gasteiger partial charge in [-0.3, -0.25) is 4.68 Å². The number of hydrogen-bond acceptors (Lipinski definition) is 2. The molecule has 0 bridgehead atoms. The zero-order chi connectivity index (χ0) is 12.0. The van der Waals surface area contributed by atoms with Gasteiger partial charge in [0, 0.05) is 18.3 Å². The molecule has 16 heavy (non-hydrogen) atoms. The Bertz CT molecular complexity index is 294. The summed E-state index contributed by atoms with van der Waals surface area (Å²) in [5.74, 6) is 0.718. The van der Waals surface area contributed by atoms with Crippen molar-refractivity contribution < 1.29 is 5.11 Å². The van der Waals surface area contributed by atoms with Gasteiger partial charge in [-0.1, -0.05) is 33.6 Å². The minimum atomic E-state index is -0.343. The molecule has 1 atom stereocenters. The molecule has 3 nitrogen and oxygen atoms in total. The number of hydrogen-bond donors (Lipinski definition) is 1. The summed E-state index contributed by atoms with van der Waals surface area (Å²) >= 11 is 0. The molecule has 0 spiro atoms. The van der Waals surface area contributed by atoms with Gasteiger partial charge in [0.2, 0.25) is 0 Å². The van der Waals surface area contributed by atoms with E-state index in [1.807, 2.05) is 10.9 Å². The molecule has 0 radical (unpaired) electrons. The molecule has 0 aliphatic carbocycles. The summed E-state index contributed by atoms with van der Waals surface area (Å²) < 4.78 is 1.90. The van der Waals surface area contributed by atoms with Crippen LogP contribution in [0.4, 0.5) is 0 Å². The lowest BCUT2D eigenvalue weighted by atomic mass is 10.0. The number of aliphatic hydroxyl groups is 1. The fourth-order valence-corrected chi connectivity index (χ4v) is 1.79. The summed E-state index contributed by atoms with van der Waals surface area (Å²) in [6.07, 6.45) is 7.59. The van der Waals surface area contributed by atoms with Crippen LogP contribution in [0.5, 0.6) is 0 Å². The molecule has 0 aliphatic rings. The fraction of sp³-hybridized carbons (Fsp3) is 0.769. The van der Waals surface area contributed by atoms with Crippen molar-refractivity contribution in [2.75, 3.05) is 0 Å². The second-order valence-electron chi connectivity index (χ2n) is 4.88. The zero-order valence-electron chi connectivity index (χ0n) is 10.7. The topological polar surface area (TPSA) is 38.0 Å². The van der Waals surface area contributed by atoms with Crippen LogP contribution in [0, 0.1) is 5.92 Å². The van der Waals surface area contributed by atoms with E-state index in [0.717, 1.165) is 37.3 Å². The summed E-state index contributed by atoms with van der Waals surface area (Å²) in [6.45, 7) is 7.48. The largest absolute Gasteiger partial charge is 0.388 e. The van der Waals surface area contributed by atoms with Crippen molar-refractivity contribution in [1.29, 1.82) is 0 Å². The highest BCUT2D eigenvalue weighted by molar-refractivity contribution is 5.07. The molecule has 0 aliphatic heterocycles. The van der Waals surface area contributed by atoms with E-state index in [0.29, 0.717) is 0 Å². The molecule has 1 aromatic rings. The summed E-state index contributed by atoms with van der Waals surface area (Å²) in [6, 6.07) is 0. The van der Waals surface area contributed by atoms with Gasteiger partial charge in [0.15, 0.2) is 0 Å². The molecule has 92 valence electrons. The molecule has 1 heterocycles. The van der Waals surface area contributed by atoms with Gasteiger partial charge in [0.25, 0.3) is 0 Å². The lowest BCUT2D eigenvalue weighted by Gasteiger charge is -2.09. The highest BCUT2D eigenvalue weighted by atomic mass is 16.3. The molecule has 0 saturated heterocycles. The molecule has 1 aromatic heterocycles. The average molecular weight is 224 g/mol. The quantitative estimate of drug-likeness (QED) is 0.772. The minimum Gasteiger partial charge on any atom is -0.388 e. The van der Waals surface area contributed by atoms with Gasteiger partial charge in [-0.25, -0.2) is 0 Å². The van der Waals surface area contributed by atoms with Crippen LogP contribution < -0.4 is 0 Å². The maximum absolute atomic E-state index is 9.96. The lowest BCUT2D eigenvalue weighted by molar-refractivity contribution is 0.162. The van der Waals surface area contributed by atoms with Crippen LogP contribution in [0.25, 0.3) is 0 Å². The van der Waals surface area contributed by atoms with E-state index in [-0.39, 0.29) is 6.10 Å². The third-order valence-corrected chi connectivity index (χ3v) is 2.75. The predicted molar refractivity (Wildman–Crippen MR) is 66.2 cm³/mol. The Kier molecular flexibility index (Phi) is 5.53. The van der Waals surface area contributed by atoms with E-state index in [1.165, 1.54) is 6.42 Å². The monoisotopic (exact) mass is 224 g/mol. The van der Waals surface area contributed by atoms with Crippen molar-refractivity contribution in [1.82, 2.24) is 9.78 Å². The highest BCUT2D eigenvalue weighted by Gasteiger charge is 2.09. The SMILES string of the molecule is CCCn1cc(C(O)CCCC(C)C)cn1. The Morgan fingerprint density at radius 3 is 2.75 bits per heavy atom. The minimum absolute atomic E-state index is 0.343. The first kappa shape index (κ1) is 13.2. The third kappa shape index (κ3) is 4.35. The van der Waals surface area contributed by atoms with Crippen LogP contribution in [-0.2, 0) is 6.54 Å². The summed E-state index contributed by atoms with van der Waals surface area (Å²) in [5.41, 5.74) is 0.956. The van der Waals surface area contributed by atoms with Gasteiger partial charge in [-0.05, 0) is 18.8 Å². The van der Waals surface area contributed by atoms with Crippen LogP contribution in [0.2, 0.25) is 0 Å². The molecule has 0 saturated carbocycles. The second-order valence-corrected chi connectivity index (χ2v) is 4.88. The van der Waals surface area contributed by atoms with Crippen molar-refractivity contribution in [3.05, 3.63) is 18.0 Å². The average Bonchev–Trinajstić information content (AvgIpc) is 2.66. The molecule has 1 unspecified atom stereocenters. The van der Waals surface area contributed by atoms with E-state index in [9.17, 15) is 5.11 Å². The Morgan fingerprint density at radius 2 is 2.12 bits per heavy atom. The van der Waals surface area contributed by atoms with Gasteiger partial charge in [0.1, 0.15) is 0 Å². The van der Waals surface area contributed by atoms with Crippen molar-refractivity contribution in [3.63, 3.8) is 0 Å². The molecule has 0 amide bonds. The van der Waals surface area contributed by atoms with E-state index in [4.69, 9.17) is 0 Å². The van der Waals surface area contributed by atoms with Gasteiger partial charge in [0.05, 0.1) is 12.3 Å². The van der Waals surface area contributed by atoms with Crippen LogP contribution >= 0.6 is 0 Å². The summed E-state index contributed by atoms with van der Waals surface area (Å²) in [5, 5.41) is 14.2. The van der Waals surface area contributed by atoms with Gasteiger partial charge in [-0.2, -0.15) is 5.10 Å². The Balaban J connectivity index is 2.36. The molecule has 1 N–H and O–H groups in total. The van der Waals surface area contributed by atoms with Crippen LogP contribution in [0.1, 0.15) is 58.1 Å². The maximum Gasteiger partial charge on any atom is 0.0820 e. The van der Waals surface area contributed by atoms with Crippen molar-refractivity contribution in [2.45, 2.75) is 59.1 Å². The van der Waals surface area contributed by atoms with Gasteiger partial charge < -0.3 is 5.11 Å². The number of aliphatic hydroxyl groups excluding tert-OH is 1. The Hall–Kier alpha value is -0.830. The normalized spacial score (nSPS) is 13.3. The smallest absolute Gasteiger partial charge is 0.0820 e. The van der Waals surface area contributed by atoms with E-state index < -0.39 is 0 Å². The number of rotatable bonds is 7. The molecule has 0 fully saturated rings. The molecular weight excluding hydrogens is 200 g/mol. The summed E-state index contributed by atoms with van der Waals surface area (Å²) in [4.78, 5) is 0. The molecule has 3 heteroatoms. The van der Waals surface area contributed by atoms with Crippen molar-refractivity contribution in [3.8, 4) is 0 Å². The van der Waals surface area contributed by atoms with Crippen molar-refractivity contribution in [2.24, 2.45) is 5.92 Å². The number of aromatic nitrogens is 2. The number of aryl methyl sites for hydroxylation is 1. The first-order valence-electron chi connectivity index (χ1n) is 6.34. The van der Waals surface area contributed by atoms with Crippen molar-refractivity contribution >= 4 is 0 Å². The lowest BCUT2D eigenvalue weighted by Crippen LogP contribution is -1.99. The number of nitrogens with zero attached hydrogens (tertiary/aromatic N) is 2. The molecule has 0 aromatic carbocycles. The third-order valence-electron chi connectivity index (χ3n) is 2.75. The van der Waals surface area contributed by atoms with Crippen LogP contribution in [0.3, 0.4) is 0 Å². The maximum atomic E-state index is 9.96. The van der Waals surface area contributed by atoms with Crippen LogP contribution in [0.15, 0.2) is 12.4 Å². The molecule has 1 rings (SSSR count). The summed E-state index contributed by atoms with van der Waals surface area (Å²) in [7, 11) is 0. The predicted octanol–water partition coefficient (Wildman–Crippen LogP) is 3.15. The second kappa shape index (κ2) is 6.69. The van der Waals surface area contributed by atoms with Crippen LogP contribution in [-0.4, -0.2) is 14.9 Å². The standard InChI is InChI=1S/C13H24N2O/c1-4-8-15-10-12(9-14-15)13(16)7-5-6-11(2)3/h9-11,13,16H,4-8H2,1-3H3. The highest BCUT2D eigenvalue weighted by Crippen LogP contribution is 2.20.